The number of para-hydroxylation sites is 3. The monoisotopic (exact) mass is 470 g/mol. The van der Waals surface area contributed by atoms with Crippen LogP contribution in [-0.2, 0) is 18.4 Å². The number of hydrogen-bond acceptors (Lipinski definition) is 5. The van der Waals surface area contributed by atoms with Crippen molar-refractivity contribution in [3.63, 3.8) is 0 Å². The van der Waals surface area contributed by atoms with Crippen molar-refractivity contribution in [1.29, 1.82) is 0 Å². The largest absolute Gasteiger partial charge is 0.372 e. The van der Waals surface area contributed by atoms with Crippen molar-refractivity contribution in [2.24, 2.45) is 7.05 Å². The first kappa shape index (κ1) is 21.9. The number of hydrogen-bond donors (Lipinski definition) is 1. The average Bonchev–Trinajstić information content (AvgIpc) is 3.57. The van der Waals surface area contributed by atoms with Gasteiger partial charge in [-0.05, 0) is 31.0 Å². The fraction of sp³-hybridized carbons (Fsp3) is 0.370. The third kappa shape index (κ3) is 3.78. The molecule has 180 valence electrons. The van der Waals surface area contributed by atoms with E-state index in [0.29, 0.717) is 5.82 Å². The number of aliphatic hydroxyl groups excluding tert-OH is 1. The second-order valence-corrected chi connectivity index (χ2v) is 9.58. The minimum atomic E-state index is -0.990. The van der Waals surface area contributed by atoms with Crippen molar-refractivity contribution < 1.29 is 9.90 Å². The number of benzene rings is 2. The molecule has 0 spiro atoms. The van der Waals surface area contributed by atoms with E-state index in [2.05, 4.69) is 10.1 Å². The van der Waals surface area contributed by atoms with Crippen LogP contribution >= 0.6 is 0 Å². The van der Waals surface area contributed by atoms with Gasteiger partial charge in [-0.2, -0.15) is 5.10 Å². The maximum Gasteiger partial charge on any atom is 0.254 e. The van der Waals surface area contributed by atoms with Gasteiger partial charge in [-0.25, -0.2) is 4.98 Å². The number of aliphatic hydroxyl groups is 1. The highest BCUT2D eigenvalue weighted by Crippen LogP contribution is 2.44. The summed E-state index contributed by atoms with van der Waals surface area (Å²) < 4.78 is 3.63. The molecule has 1 aliphatic heterocycles. The summed E-state index contributed by atoms with van der Waals surface area (Å²) >= 11 is 0. The molecule has 4 aromatic rings. The molecule has 8 nitrogen and oxygen atoms in total. The fourth-order valence-electron chi connectivity index (χ4n) is 5.72. The quantitative estimate of drug-likeness (QED) is 0.431. The number of rotatable bonds is 6. The number of nitrogens with zero attached hydrogens (tertiary/aromatic N) is 6. The van der Waals surface area contributed by atoms with Crippen LogP contribution in [0.3, 0.4) is 0 Å². The highest BCUT2D eigenvalue weighted by atomic mass is 16.3. The van der Waals surface area contributed by atoms with Crippen molar-refractivity contribution >= 4 is 28.4 Å². The van der Waals surface area contributed by atoms with E-state index in [9.17, 15) is 9.90 Å². The lowest BCUT2D eigenvalue weighted by atomic mass is 9.94. The first-order valence-electron chi connectivity index (χ1n) is 12.4. The maximum absolute atomic E-state index is 14.1. The lowest BCUT2D eigenvalue weighted by Crippen LogP contribution is -2.48. The van der Waals surface area contributed by atoms with Crippen molar-refractivity contribution in [3.05, 3.63) is 72.7 Å². The van der Waals surface area contributed by atoms with Gasteiger partial charge in [0.25, 0.3) is 5.91 Å². The van der Waals surface area contributed by atoms with Gasteiger partial charge < -0.3 is 19.5 Å². The van der Waals surface area contributed by atoms with Crippen LogP contribution in [0.1, 0.15) is 43.7 Å². The minimum absolute atomic E-state index is 0.0123. The zero-order chi connectivity index (χ0) is 23.9. The molecule has 0 radical (unpaired) electrons. The number of imidazole rings is 1. The van der Waals surface area contributed by atoms with E-state index in [1.165, 1.54) is 6.42 Å². The Hall–Kier alpha value is -3.65. The normalized spacial score (nSPS) is 19.3. The Bertz CT molecular complexity index is 1350. The lowest BCUT2D eigenvalue weighted by molar-refractivity contribution is -0.120. The third-order valence-corrected chi connectivity index (χ3v) is 7.35. The van der Waals surface area contributed by atoms with E-state index in [-0.39, 0.29) is 18.5 Å². The van der Waals surface area contributed by atoms with E-state index in [1.807, 2.05) is 77.3 Å². The molecule has 2 aliphatic rings. The molecule has 2 aromatic carbocycles. The standard InChI is InChI=1S/C27H30N6O2/c1-30-16-15-24(29-30)33(25(34)17-31-18-28-21-12-6-8-14-23(21)31)26-20-11-5-7-13-22(20)32(27(26)35)19-9-3-2-4-10-19/h5-8,11-16,18-19,25-26,34H,2-4,9-10,17H2,1H3. The first-order valence-corrected chi connectivity index (χ1v) is 12.4. The molecular formula is C27H30N6O2. The molecule has 1 saturated carbocycles. The van der Waals surface area contributed by atoms with Crippen LogP contribution in [0.15, 0.2) is 67.1 Å². The van der Waals surface area contributed by atoms with Gasteiger partial charge >= 0.3 is 0 Å². The Morgan fingerprint density at radius 3 is 2.63 bits per heavy atom. The number of fused-ring (bicyclic) bond motifs is 2. The van der Waals surface area contributed by atoms with Crippen molar-refractivity contribution in [2.45, 2.75) is 57.0 Å². The van der Waals surface area contributed by atoms with Crippen LogP contribution in [-0.4, -0.2) is 42.6 Å². The molecule has 2 atom stereocenters. The molecule has 1 N–H and O–H groups in total. The number of aromatic nitrogens is 4. The van der Waals surface area contributed by atoms with Gasteiger partial charge in [0.2, 0.25) is 0 Å². The van der Waals surface area contributed by atoms with Gasteiger partial charge in [-0.15, -0.1) is 0 Å². The fourth-order valence-corrected chi connectivity index (χ4v) is 5.72. The van der Waals surface area contributed by atoms with E-state index in [1.54, 1.807) is 15.9 Å². The highest BCUT2D eigenvalue weighted by molar-refractivity contribution is 6.06. The Kier molecular flexibility index (Phi) is 5.53. The molecule has 8 heteroatoms. The third-order valence-electron chi connectivity index (χ3n) is 7.35. The van der Waals surface area contributed by atoms with Gasteiger partial charge in [0, 0.05) is 36.6 Å². The number of carbonyl (C=O) groups excluding carboxylic acids is 1. The zero-order valence-electron chi connectivity index (χ0n) is 19.9. The molecule has 35 heavy (non-hydrogen) atoms. The second-order valence-electron chi connectivity index (χ2n) is 9.58. The molecule has 2 unspecified atom stereocenters. The molecule has 2 aromatic heterocycles. The van der Waals surface area contributed by atoms with Crippen LogP contribution < -0.4 is 9.80 Å². The Balaban J connectivity index is 1.41. The van der Waals surface area contributed by atoms with E-state index >= 15 is 0 Å². The van der Waals surface area contributed by atoms with Crippen LogP contribution in [0.2, 0.25) is 0 Å². The molecule has 6 rings (SSSR count). The summed E-state index contributed by atoms with van der Waals surface area (Å²) in [4.78, 5) is 22.4. The van der Waals surface area contributed by atoms with Gasteiger partial charge in [0.15, 0.2) is 5.82 Å². The summed E-state index contributed by atoms with van der Waals surface area (Å²) in [6.45, 7) is 0.256. The van der Waals surface area contributed by atoms with Crippen LogP contribution in [0.5, 0.6) is 0 Å². The number of aryl methyl sites for hydroxylation is 1. The molecular weight excluding hydrogens is 440 g/mol. The topological polar surface area (TPSA) is 79.4 Å². The number of amides is 1. The average molecular weight is 471 g/mol. The molecule has 0 bridgehead atoms. The summed E-state index contributed by atoms with van der Waals surface area (Å²) in [7, 11) is 1.84. The highest BCUT2D eigenvalue weighted by Gasteiger charge is 2.46. The number of carbonyl (C=O) groups is 1. The predicted molar refractivity (Wildman–Crippen MR) is 135 cm³/mol. The van der Waals surface area contributed by atoms with Crippen molar-refractivity contribution in [2.75, 3.05) is 9.80 Å². The summed E-state index contributed by atoms with van der Waals surface area (Å²) in [5.41, 5.74) is 3.68. The van der Waals surface area contributed by atoms with Crippen LogP contribution in [0, 0.1) is 0 Å². The molecule has 1 amide bonds. The Labute approximate surface area is 204 Å². The summed E-state index contributed by atoms with van der Waals surface area (Å²) in [6.07, 6.45) is 8.12. The first-order chi connectivity index (χ1) is 17.1. The minimum Gasteiger partial charge on any atom is -0.372 e. The smallest absolute Gasteiger partial charge is 0.254 e. The zero-order valence-corrected chi connectivity index (χ0v) is 19.9. The molecule has 1 aliphatic carbocycles. The van der Waals surface area contributed by atoms with E-state index in [0.717, 1.165) is 48.0 Å². The van der Waals surface area contributed by atoms with Crippen molar-refractivity contribution in [1.82, 2.24) is 19.3 Å². The maximum atomic E-state index is 14.1. The molecule has 1 fully saturated rings. The van der Waals surface area contributed by atoms with E-state index in [4.69, 9.17) is 0 Å². The summed E-state index contributed by atoms with van der Waals surface area (Å²) in [5.74, 6) is 0.585. The lowest BCUT2D eigenvalue weighted by Gasteiger charge is -2.35. The SMILES string of the molecule is Cn1ccc(N(C(O)Cn2cnc3ccccc32)C2C(=O)N(C3CCCCC3)c3ccccc32)n1. The Morgan fingerprint density at radius 1 is 1.06 bits per heavy atom. The second kappa shape index (κ2) is 8.85. The number of anilines is 2. The summed E-state index contributed by atoms with van der Waals surface area (Å²) in [6, 6.07) is 17.3. The predicted octanol–water partition coefficient (Wildman–Crippen LogP) is 4.02. The van der Waals surface area contributed by atoms with E-state index < -0.39 is 12.3 Å². The van der Waals surface area contributed by atoms with Gasteiger partial charge in [-0.3, -0.25) is 9.48 Å². The Morgan fingerprint density at radius 2 is 1.83 bits per heavy atom. The van der Waals surface area contributed by atoms with Gasteiger partial charge in [-0.1, -0.05) is 49.6 Å². The van der Waals surface area contributed by atoms with Gasteiger partial charge in [0.1, 0.15) is 12.3 Å². The molecule has 3 heterocycles. The van der Waals surface area contributed by atoms with Crippen LogP contribution in [0.4, 0.5) is 11.5 Å². The van der Waals surface area contributed by atoms with Crippen LogP contribution in [0.25, 0.3) is 11.0 Å². The summed E-state index contributed by atoms with van der Waals surface area (Å²) in [5, 5.41) is 16.3. The van der Waals surface area contributed by atoms with Gasteiger partial charge in [0.05, 0.1) is 23.9 Å². The molecule has 0 saturated heterocycles. The van der Waals surface area contributed by atoms with Crippen molar-refractivity contribution in [3.8, 4) is 0 Å².